The van der Waals surface area contributed by atoms with E-state index < -0.39 is 4.92 Å². The minimum Gasteiger partial charge on any atom is -0.347 e. The highest BCUT2D eigenvalue weighted by molar-refractivity contribution is 7.11. The lowest BCUT2D eigenvalue weighted by atomic mass is 10.2. The third kappa shape index (κ3) is 3.35. The van der Waals surface area contributed by atoms with Gasteiger partial charge in [0, 0.05) is 28.8 Å². The monoisotopic (exact) mass is 277 g/mol. The number of rotatable bonds is 4. The molecule has 6 nitrogen and oxygen atoms in total. The van der Waals surface area contributed by atoms with Gasteiger partial charge >= 0.3 is 0 Å². The number of hydrogen-bond donors (Lipinski definition) is 1. The molecule has 1 aromatic heterocycles. The Balaban J connectivity index is 1.98. The van der Waals surface area contributed by atoms with E-state index in [0.717, 1.165) is 9.88 Å². The molecule has 0 atom stereocenters. The van der Waals surface area contributed by atoms with Crippen molar-refractivity contribution in [2.45, 2.75) is 13.5 Å². The van der Waals surface area contributed by atoms with Crippen LogP contribution in [0.5, 0.6) is 0 Å². The summed E-state index contributed by atoms with van der Waals surface area (Å²) in [7, 11) is 0. The van der Waals surface area contributed by atoms with E-state index in [1.165, 1.54) is 35.6 Å². The van der Waals surface area contributed by atoms with Crippen molar-refractivity contribution in [3.8, 4) is 0 Å². The second-order valence-corrected chi connectivity index (χ2v) is 5.15. The van der Waals surface area contributed by atoms with E-state index in [2.05, 4.69) is 10.3 Å². The van der Waals surface area contributed by atoms with Gasteiger partial charge in [0.2, 0.25) is 0 Å². The third-order valence-electron chi connectivity index (χ3n) is 2.43. The minimum atomic E-state index is -0.498. The maximum Gasteiger partial charge on any atom is 0.269 e. The second-order valence-electron chi connectivity index (χ2n) is 3.83. The van der Waals surface area contributed by atoms with Crippen molar-refractivity contribution in [1.29, 1.82) is 0 Å². The quantitative estimate of drug-likeness (QED) is 0.686. The van der Waals surface area contributed by atoms with E-state index in [-0.39, 0.29) is 11.6 Å². The van der Waals surface area contributed by atoms with E-state index in [1.54, 1.807) is 6.20 Å². The average molecular weight is 277 g/mol. The standard InChI is InChI=1S/C12H11N3O3S/c1-8-13-6-11(19-8)7-14-12(16)9-2-4-10(5-3-9)15(17)18/h2-6H,7H2,1H3,(H,14,16). The van der Waals surface area contributed by atoms with Crippen LogP contribution >= 0.6 is 11.3 Å². The first-order valence-electron chi connectivity index (χ1n) is 5.50. The summed E-state index contributed by atoms with van der Waals surface area (Å²) in [6.45, 7) is 2.30. The molecule has 1 N–H and O–H groups in total. The summed E-state index contributed by atoms with van der Waals surface area (Å²) in [5, 5.41) is 14.2. The largest absolute Gasteiger partial charge is 0.347 e. The summed E-state index contributed by atoms with van der Waals surface area (Å²) in [5.74, 6) is -0.263. The predicted octanol–water partition coefficient (Wildman–Crippen LogP) is 2.29. The van der Waals surface area contributed by atoms with Crippen LogP contribution in [0.4, 0.5) is 5.69 Å². The Bertz CT molecular complexity index is 607. The molecule has 7 heteroatoms. The fourth-order valence-electron chi connectivity index (χ4n) is 1.49. The lowest BCUT2D eigenvalue weighted by Gasteiger charge is -2.02. The van der Waals surface area contributed by atoms with Crippen molar-refractivity contribution in [2.24, 2.45) is 0 Å². The Morgan fingerprint density at radius 1 is 1.42 bits per heavy atom. The number of hydrogen-bond acceptors (Lipinski definition) is 5. The van der Waals surface area contributed by atoms with Crippen molar-refractivity contribution < 1.29 is 9.72 Å². The van der Waals surface area contributed by atoms with Gasteiger partial charge < -0.3 is 5.32 Å². The van der Waals surface area contributed by atoms with Crippen LogP contribution in [-0.4, -0.2) is 15.8 Å². The van der Waals surface area contributed by atoms with Crippen LogP contribution in [0.3, 0.4) is 0 Å². The van der Waals surface area contributed by atoms with E-state index in [0.29, 0.717) is 12.1 Å². The highest BCUT2D eigenvalue weighted by Crippen LogP contribution is 2.13. The van der Waals surface area contributed by atoms with Crippen molar-refractivity contribution >= 4 is 22.9 Å². The number of non-ortho nitro benzene ring substituents is 1. The number of amides is 1. The molecule has 1 aromatic carbocycles. The molecule has 0 aliphatic heterocycles. The topological polar surface area (TPSA) is 85.1 Å². The number of benzene rings is 1. The Morgan fingerprint density at radius 3 is 2.63 bits per heavy atom. The molecule has 2 aromatic rings. The molecule has 0 saturated heterocycles. The van der Waals surface area contributed by atoms with Crippen molar-refractivity contribution in [2.75, 3.05) is 0 Å². The van der Waals surface area contributed by atoms with Crippen LogP contribution < -0.4 is 5.32 Å². The predicted molar refractivity (Wildman–Crippen MR) is 71.1 cm³/mol. The number of aromatic nitrogens is 1. The molecule has 0 radical (unpaired) electrons. The Kier molecular flexibility index (Phi) is 3.86. The molecule has 0 aliphatic rings. The van der Waals surface area contributed by atoms with Crippen molar-refractivity contribution in [3.63, 3.8) is 0 Å². The van der Waals surface area contributed by atoms with Crippen molar-refractivity contribution in [3.05, 3.63) is 56.0 Å². The summed E-state index contributed by atoms with van der Waals surface area (Å²) < 4.78 is 0. The molecular formula is C12H11N3O3S. The zero-order valence-electron chi connectivity index (χ0n) is 10.1. The smallest absolute Gasteiger partial charge is 0.269 e. The van der Waals surface area contributed by atoms with Gasteiger partial charge in [-0.05, 0) is 19.1 Å². The van der Waals surface area contributed by atoms with E-state index in [9.17, 15) is 14.9 Å². The number of nitro groups is 1. The number of aryl methyl sites for hydroxylation is 1. The van der Waals surface area contributed by atoms with Gasteiger partial charge in [-0.3, -0.25) is 14.9 Å². The van der Waals surface area contributed by atoms with Gasteiger partial charge in [0.25, 0.3) is 11.6 Å². The van der Waals surface area contributed by atoms with Gasteiger partial charge in [-0.15, -0.1) is 11.3 Å². The summed E-state index contributed by atoms with van der Waals surface area (Å²) in [6, 6.07) is 5.49. The van der Waals surface area contributed by atoms with Crippen LogP contribution in [0.1, 0.15) is 20.2 Å². The zero-order valence-corrected chi connectivity index (χ0v) is 10.9. The molecule has 0 aliphatic carbocycles. The Hall–Kier alpha value is -2.28. The molecule has 0 saturated carbocycles. The first-order chi connectivity index (χ1) is 9.06. The molecule has 19 heavy (non-hydrogen) atoms. The number of thiazole rings is 1. The number of nitrogens with zero attached hydrogens (tertiary/aromatic N) is 2. The second kappa shape index (κ2) is 5.57. The van der Waals surface area contributed by atoms with Crippen LogP contribution in [0, 0.1) is 17.0 Å². The van der Waals surface area contributed by atoms with Gasteiger partial charge in [0.05, 0.1) is 16.5 Å². The summed E-state index contributed by atoms with van der Waals surface area (Å²) in [6.07, 6.45) is 1.72. The molecular weight excluding hydrogens is 266 g/mol. The van der Waals surface area contributed by atoms with Crippen LogP contribution in [0.15, 0.2) is 30.5 Å². The Labute approximate surface area is 113 Å². The molecule has 1 amide bonds. The molecule has 0 unspecified atom stereocenters. The molecule has 2 rings (SSSR count). The highest BCUT2D eigenvalue weighted by atomic mass is 32.1. The first kappa shape index (κ1) is 13.2. The van der Waals surface area contributed by atoms with E-state index in [4.69, 9.17) is 0 Å². The fourth-order valence-corrected chi connectivity index (χ4v) is 2.23. The molecule has 98 valence electrons. The molecule has 0 bridgehead atoms. The Morgan fingerprint density at radius 2 is 2.11 bits per heavy atom. The molecule has 1 heterocycles. The maximum absolute atomic E-state index is 11.8. The SMILES string of the molecule is Cc1ncc(CNC(=O)c2ccc([N+](=O)[O-])cc2)s1. The third-order valence-corrected chi connectivity index (χ3v) is 3.35. The minimum absolute atomic E-state index is 0.0327. The van der Waals surface area contributed by atoms with Crippen LogP contribution in [0.25, 0.3) is 0 Å². The van der Waals surface area contributed by atoms with E-state index >= 15 is 0 Å². The average Bonchev–Trinajstić information content (AvgIpc) is 2.82. The fraction of sp³-hybridized carbons (Fsp3) is 0.167. The van der Waals surface area contributed by atoms with Gasteiger partial charge in [0.1, 0.15) is 0 Å². The highest BCUT2D eigenvalue weighted by Gasteiger charge is 2.09. The normalized spacial score (nSPS) is 10.2. The van der Waals surface area contributed by atoms with E-state index in [1.807, 2.05) is 6.92 Å². The van der Waals surface area contributed by atoms with Gasteiger partial charge in [-0.1, -0.05) is 0 Å². The van der Waals surface area contributed by atoms with Crippen molar-refractivity contribution in [1.82, 2.24) is 10.3 Å². The van der Waals surface area contributed by atoms with Crippen LogP contribution in [-0.2, 0) is 6.54 Å². The lowest BCUT2D eigenvalue weighted by molar-refractivity contribution is -0.384. The lowest BCUT2D eigenvalue weighted by Crippen LogP contribution is -2.22. The summed E-state index contributed by atoms with van der Waals surface area (Å²) in [4.78, 5) is 26.9. The number of carbonyl (C=O) groups excluding carboxylic acids is 1. The number of nitrogens with one attached hydrogen (secondary N) is 1. The summed E-state index contributed by atoms with van der Waals surface area (Å²) in [5.41, 5.74) is 0.362. The molecule has 0 fully saturated rings. The number of nitro benzene ring substituents is 1. The molecule has 0 spiro atoms. The summed E-state index contributed by atoms with van der Waals surface area (Å²) >= 11 is 1.52. The van der Waals surface area contributed by atoms with Gasteiger partial charge in [-0.2, -0.15) is 0 Å². The first-order valence-corrected chi connectivity index (χ1v) is 6.32. The maximum atomic E-state index is 11.8. The van der Waals surface area contributed by atoms with Crippen LogP contribution in [0.2, 0.25) is 0 Å². The van der Waals surface area contributed by atoms with Gasteiger partial charge in [0.15, 0.2) is 0 Å². The van der Waals surface area contributed by atoms with Gasteiger partial charge in [-0.25, -0.2) is 4.98 Å². The number of carbonyl (C=O) groups is 1. The zero-order chi connectivity index (χ0) is 13.8.